The maximum absolute atomic E-state index is 6.95. The molecule has 0 bridgehead atoms. The minimum Gasteiger partial charge on any atom is -0.457 e. The minimum absolute atomic E-state index is 0.792. The van der Waals surface area contributed by atoms with Gasteiger partial charge in [-0.25, -0.2) is 9.97 Å². The maximum atomic E-state index is 6.95. The third kappa shape index (κ3) is 4.56. The lowest BCUT2D eigenvalue weighted by Crippen LogP contribution is -2.56. The van der Waals surface area contributed by atoms with Crippen LogP contribution in [0.2, 0.25) is 39.3 Å². The van der Waals surface area contributed by atoms with Gasteiger partial charge in [0.25, 0.3) is 0 Å². The zero-order valence-corrected chi connectivity index (χ0v) is 30.7. The van der Waals surface area contributed by atoms with Gasteiger partial charge in [0.2, 0.25) is 0 Å². The fourth-order valence-corrected chi connectivity index (χ4v) is 14.1. The highest BCUT2D eigenvalue weighted by Crippen LogP contribution is 2.42. The van der Waals surface area contributed by atoms with E-state index in [1.54, 1.807) is 10.4 Å². The number of fused-ring (bicyclic) bond motifs is 3. The molecule has 0 radical (unpaired) electrons. The van der Waals surface area contributed by atoms with Gasteiger partial charge in [0.1, 0.15) is 23.1 Å². The van der Waals surface area contributed by atoms with E-state index in [0.29, 0.717) is 0 Å². The largest absolute Gasteiger partial charge is 0.457 e. The molecule has 0 saturated heterocycles. The summed E-state index contributed by atoms with van der Waals surface area (Å²) < 4.78 is 11.5. The third-order valence-electron chi connectivity index (χ3n) is 9.79. The first-order valence-corrected chi connectivity index (χ1v) is 24.0. The van der Waals surface area contributed by atoms with Crippen LogP contribution in [0.3, 0.4) is 0 Å². The summed E-state index contributed by atoms with van der Waals surface area (Å²) in [4.78, 5) is 9.59. The van der Waals surface area contributed by atoms with Crippen molar-refractivity contribution in [1.82, 2.24) is 19.1 Å². The number of hydrogen-bond acceptors (Lipinski definition) is 3. The van der Waals surface area contributed by atoms with Gasteiger partial charge in [0.05, 0.1) is 38.2 Å². The molecule has 4 aromatic heterocycles. The van der Waals surface area contributed by atoms with Gasteiger partial charge in [-0.3, -0.25) is 9.13 Å². The summed E-state index contributed by atoms with van der Waals surface area (Å²) in [5.74, 6) is 3.42. The lowest BCUT2D eigenvalue weighted by atomic mass is 10.0. The lowest BCUT2D eigenvalue weighted by molar-refractivity contribution is 0.484. The second-order valence-electron chi connectivity index (χ2n) is 15.2. The van der Waals surface area contributed by atoms with Gasteiger partial charge in [-0.1, -0.05) is 92.1 Å². The monoisotopic (exact) mass is 670 g/mol. The molecule has 5 aromatic carbocycles. The molecule has 0 atom stereocenters. The molecular weight excluding hydrogens is 633 g/mol. The van der Waals surface area contributed by atoms with Crippen molar-refractivity contribution >= 4 is 80.9 Å². The van der Waals surface area contributed by atoms with E-state index in [2.05, 4.69) is 139 Å². The first-order valence-electron chi connectivity index (χ1n) is 17.0. The maximum Gasteiger partial charge on any atom is 0.137 e. The normalized spacial score (nSPS) is 12.7. The van der Waals surface area contributed by atoms with Crippen LogP contribution in [0.15, 0.2) is 122 Å². The fraction of sp³-hybridized carbons (Fsp3) is 0.143. The molecule has 49 heavy (non-hydrogen) atoms. The van der Waals surface area contributed by atoms with Crippen LogP contribution in [-0.4, -0.2) is 35.2 Å². The summed E-state index contributed by atoms with van der Waals surface area (Å²) in [6, 6.07) is 38.6. The summed E-state index contributed by atoms with van der Waals surface area (Å²) in [6.45, 7) is 15.0. The number of hydrogen-bond donors (Lipinski definition) is 0. The number of nitrogens with zero attached hydrogens (tertiary/aromatic N) is 4. The average Bonchev–Trinajstić information content (AvgIpc) is 3.59. The van der Waals surface area contributed by atoms with Crippen LogP contribution in [0.4, 0.5) is 0 Å². The molecule has 240 valence electrons. The van der Waals surface area contributed by atoms with Crippen molar-refractivity contribution in [3.8, 4) is 23.1 Å². The van der Waals surface area contributed by atoms with Gasteiger partial charge in [-0.2, -0.15) is 0 Å². The Labute approximate surface area is 287 Å². The van der Waals surface area contributed by atoms with Crippen LogP contribution >= 0.6 is 0 Å². The number of aromatic nitrogens is 4. The average molecular weight is 671 g/mol. The Morgan fingerprint density at radius 2 is 1.00 bits per heavy atom. The van der Waals surface area contributed by atoms with Gasteiger partial charge in [0.15, 0.2) is 0 Å². The zero-order chi connectivity index (χ0) is 33.7. The Bertz CT molecular complexity index is 2700. The van der Waals surface area contributed by atoms with E-state index in [0.717, 1.165) is 39.7 Å². The molecule has 4 heterocycles. The van der Waals surface area contributed by atoms with E-state index in [4.69, 9.17) is 14.7 Å². The summed E-state index contributed by atoms with van der Waals surface area (Å²) in [6.07, 6.45) is 3.73. The highest BCUT2D eigenvalue weighted by atomic mass is 28.3. The molecule has 5 nitrogen and oxygen atoms in total. The minimum atomic E-state index is -1.85. The summed E-state index contributed by atoms with van der Waals surface area (Å²) in [7, 11) is -3.65. The molecule has 0 aliphatic rings. The molecule has 7 heteroatoms. The van der Waals surface area contributed by atoms with E-state index in [9.17, 15) is 0 Å². The van der Waals surface area contributed by atoms with Crippen molar-refractivity contribution < 1.29 is 4.74 Å². The Morgan fingerprint density at radius 1 is 0.449 bits per heavy atom. The molecule has 9 aromatic rings. The predicted molar refractivity (Wildman–Crippen MR) is 212 cm³/mol. The highest BCUT2D eigenvalue weighted by molar-refractivity contribution is 7.01. The number of rotatable bonds is 6. The van der Waals surface area contributed by atoms with Crippen molar-refractivity contribution in [3.63, 3.8) is 0 Å². The van der Waals surface area contributed by atoms with Crippen LogP contribution in [0.25, 0.3) is 66.0 Å². The van der Waals surface area contributed by atoms with Crippen LogP contribution in [-0.2, 0) is 0 Å². The van der Waals surface area contributed by atoms with Crippen molar-refractivity contribution in [2.45, 2.75) is 39.3 Å². The van der Waals surface area contributed by atoms with E-state index >= 15 is 0 Å². The molecule has 9 rings (SSSR count). The van der Waals surface area contributed by atoms with Gasteiger partial charge < -0.3 is 4.74 Å². The molecule has 0 unspecified atom stereocenters. The van der Waals surface area contributed by atoms with Crippen LogP contribution in [0, 0.1) is 0 Å². The Morgan fingerprint density at radius 3 is 1.67 bits per heavy atom. The first kappa shape index (κ1) is 29.9. The Kier molecular flexibility index (Phi) is 6.48. The third-order valence-corrected chi connectivity index (χ3v) is 14.1. The molecule has 0 amide bonds. The summed E-state index contributed by atoms with van der Waals surface area (Å²) in [5, 5.41) is 10.9. The number of para-hydroxylation sites is 1. The van der Waals surface area contributed by atoms with Gasteiger partial charge in [-0.05, 0) is 65.4 Å². The predicted octanol–water partition coefficient (Wildman–Crippen LogP) is 10.1. The second-order valence-corrected chi connectivity index (χ2v) is 25.2. The van der Waals surface area contributed by atoms with Gasteiger partial charge >= 0.3 is 0 Å². The van der Waals surface area contributed by atoms with Crippen molar-refractivity contribution in [2.75, 3.05) is 0 Å². The molecule has 0 fully saturated rings. The fourth-order valence-electron chi connectivity index (χ4n) is 8.07. The highest BCUT2D eigenvalue weighted by Gasteiger charge is 2.34. The molecule has 0 saturated carbocycles. The summed E-state index contributed by atoms with van der Waals surface area (Å²) >= 11 is 0. The number of benzene rings is 5. The molecule has 0 spiro atoms. The lowest BCUT2D eigenvalue weighted by Gasteiger charge is -2.31. The molecule has 0 aliphatic heterocycles. The van der Waals surface area contributed by atoms with E-state index in [1.807, 2.05) is 30.6 Å². The second kappa shape index (κ2) is 10.6. The van der Waals surface area contributed by atoms with Crippen LogP contribution in [0.5, 0.6) is 11.5 Å². The zero-order valence-electron chi connectivity index (χ0n) is 28.7. The molecule has 0 aliphatic carbocycles. The van der Waals surface area contributed by atoms with Crippen LogP contribution in [0.1, 0.15) is 0 Å². The number of ether oxygens (including phenoxy) is 1. The van der Waals surface area contributed by atoms with Crippen molar-refractivity contribution in [1.29, 1.82) is 0 Å². The van der Waals surface area contributed by atoms with Crippen molar-refractivity contribution in [2.24, 2.45) is 0 Å². The van der Waals surface area contributed by atoms with Crippen molar-refractivity contribution in [3.05, 3.63) is 122 Å². The van der Waals surface area contributed by atoms with Crippen LogP contribution < -0.4 is 15.1 Å². The quantitative estimate of drug-likeness (QED) is 0.131. The standard InChI is InChI=1S/C42H38N4OSi2/c1-48(2,3)41-31-15-13-17-34-39(31)40-32(42(41)49(4,5)6)24-28(26-36(40)46(34)38-19-10-12-23-44-38)47-27-20-21-30-29-14-7-8-16-33(29)45(35(30)25-27)37-18-9-11-22-43-37/h7-26H,1-6H3. The number of pyridine rings is 2. The van der Waals surface area contributed by atoms with Gasteiger partial charge in [-0.15, -0.1) is 0 Å². The first-order chi connectivity index (χ1) is 23.6. The Hall–Kier alpha value is -5.25. The van der Waals surface area contributed by atoms with Gasteiger partial charge in [0, 0.05) is 46.1 Å². The summed E-state index contributed by atoms with van der Waals surface area (Å²) in [5.41, 5.74) is 4.51. The van der Waals surface area contributed by atoms with E-state index in [-0.39, 0.29) is 0 Å². The smallest absolute Gasteiger partial charge is 0.137 e. The van der Waals surface area contributed by atoms with E-state index in [1.165, 1.54) is 37.8 Å². The SMILES string of the molecule is C[Si](C)(C)c1c([Si](C)(C)C)c2cc(Oc3ccc4c5ccccc5n(-c5ccccn5)c4c3)cc3c2c2c1cccc2n3-c1ccccn1. The molecular formula is C42H38N4OSi2. The topological polar surface area (TPSA) is 44.9 Å². The Balaban J connectivity index is 1.34. The van der Waals surface area contributed by atoms with E-state index < -0.39 is 16.1 Å². The molecule has 0 N–H and O–H groups in total.